The maximum Gasteiger partial charge on any atom is 0.337 e. The van der Waals surface area contributed by atoms with Gasteiger partial charge in [-0.2, -0.15) is 0 Å². The van der Waals surface area contributed by atoms with E-state index < -0.39 is 11.9 Å². The van der Waals surface area contributed by atoms with Crippen LogP contribution in [0.2, 0.25) is 20.1 Å². The summed E-state index contributed by atoms with van der Waals surface area (Å²) in [7, 11) is 0. The van der Waals surface area contributed by atoms with E-state index >= 15 is 0 Å². The molecule has 0 aromatic heterocycles. The van der Waals surface area contributed by atoms with Gasteiger partial charge in [0.15, 0.2) is 0 Å². The highest BCUT2D eigenvalue weighted by Crippen LogP contribution is 2.28. The lowest BCUT2D eigenvalue weighted by Gasteiger charge is -2.02. The molecule has 2 aromatic rings. The van der Waals surface area contributed by atoms with Gasteiger partial charge < -0.3 is 15.9 Å². The molecule has 24 heavy (non-hydrogen) atoms. The number of benzene rings is 2. The van der Waals surface area contributed by atoms with Crippen molar-refractivity contribution in [2.24, 2.45) is 0 Å². The van der Waals surface area contributed by atoms with E-state index in [1.54, 1.807) is 6.07 Å². The summed E-state index contributed by atoms with van der Waals surface area (Å²) in [5.41, 5.74) is 5.50. The fourth-order valence-corrected chi connectivity index (χ4v) is 3.11. The summed E-state index contributed by atoms with van der Waals surface area (Å²) in [6, 6.07) is 5.59. The first-order chi connectivity index (χ1) is 11.0. The van der Waals surface area contributed by atoms with E-state index in [9.17, 15) is 9.59 Å². The van der Waals surface area contributed by atoms with Gasteiger partial charge in [0, 0.05) is 13.6 Å². The number of hydrogen-bond acceptors (Lipinski definition) is 3. The van der Waals surface area contributed by atoms with Crippen LogP contribution in [0, 0.1) is 3.57 Å². The number of halogens is 5. The number of nitrogen functional groups attached to an aromatic ring is 1. The minimum Gasteiger partial charge on any atom is -0.478 e. The molecule has 0 fully saturated rings. The topological polar surface area (TPSA) is 101 Å². The van der Waals surface area contributed by atoms with Crippen molar-refractivity contribution in [1.29, 1.82) is 0 Å². The fraction of sp³-hybridized carbons (Fsp3) is 0. The quantitative estimate of drug-likeness (QED) is 0.272. The van der Waals surface area contributed by atoms with Gasteiger partial charge in [-0.25, -0.2) is 9.59 Å². The highest BCUT2D eigenvalue weighted by Gasteiger charge is 2.12. The third-order valence-electron chi connectivity index (χ3n) is 2.52. The molecule has 128 valence electrons. The highest BCUT2D eigenvalue weighted by molar-refractivity contribution is 14.1. The molecule has 5 nitrogen and oxygen atoms in total. The first-order valence-electron chi connectivity index (χ1n) is 5.90. The largest absolute Gasteiger partial charge is 0.478 e. The van der Waals surface area contributed by atoms with Crippen LogP contribution in [0.5, 0.6) is 0 Å². The van der Waals surface area contributed by atoms with Gasteiger partial charge in [0.2, 0.25) is 0 Å². The van der Waals surface area contributed by atoms with Gasteiger partial charge in [-0.3, -0.25) is 0 Å². The predicted molar refractivity (Wildman–Crippen MR) is 104 cm³/mol. The maximum atomic E-state index is 10.6. The fourth-order valence-electron chi connectivity index (χ4n) is 1.48. The van der Waals surface area contributed by atoms with Gasteiger partial charge in [0.05, 0.1) is 26.9 Å². The van der Waals surface area contributed by atoms with E-state index in [1.165, 1.54) is 18.2 Å². The Morgan fingerprint density at radius 2 is 1.25 bits per heavy atom. The Morgan fingerprint density at radius 3 is 1.71 bits per heavy atom. The predicted octanol–water partition coefficient (Wildman–Crippen LogP) is 5.57. The van der Waals surface area contributed by atoms with Crippen molar-refractivity contribution in [1.82, 2.24) is 0 Å². The van der Waals surface area contributed by atoms with Crippen LogP contribution in [0.4, 0.5) is 5.69 Å². The highest BCUT2D eigenvalue weighted by atomic mass is 127. The Kier molecular flexibility index (Phi) is 7.88. The summed E-state index contributed by atoms with van der Waals surface area (Å²) in [5.74, 6) is -2.21. The minimum atomic E-state index is -1.14. The van der Waals surface area contributed by atoms with Gasteiger partial charge in [0.25, 0.3) is 0 Å². The number of hydrogen-bond donors (Lipinski definition) is 3. The standard InChI is InChI=1S/C7H3Cl2IO2.C7H5Cl2NO2/c2*8-3-1-4(7(11)12)6(9)5(10)2-3/h1-2H,(H,11,12);1-2H,10H2,(H,11,12). The van der Waals surface area contributed by atoms with Crippen molar-refractivity contribution in [2.45, 2.75) is 0 Å². The number of rotatable bonds is 2. The number of carboxylic acids is 2. The van der Waals surface area contributed by atoms with Crippen molar-refractivity contribution in [2.75, 3.05) is 5.73 Å². The first-order valence-corrected chi connectivity index (χ1v) is 8.49. The van der Waals surface area contributed by atoms with Gasteiger partial charge >= 0.3 is 11.9 Å². The number of nitrogens with two attached hydrogens (primary N) is 1. The molecule has 0 spiro atoms. The Balaban J connectivity index is 0.000000240. The number of carboxylic acid groups (broad SMARTS) is 2. The molecule has 0 atom stereocenters. The van der Waals surface area contributed by atoms with Crippen LogP contribution in [0.15, 0.2) is 24.3 Å². The molecule has 0 bridgehead atoms. The molecule has 0 heterocycles. The number of carbonyl (C=O) groups is 2. The zero-order valence-corrected chi connectivity index (χ0v) is 16.7. The summed E-state index contributed by atoms with van der Waals surface area (Å²) in [5, 5.41) is 18.2. The SMILES string of the molecule is Nc1cc(Cl)cc(C(=O)O)c1Cl.O=C(O)c1cc(Cl)cc(I)c1Cl. The number of aromatic carboxylic acids is 2. The average molecular weight is 523 g/mol. The van der Waals surface area contributed by atoms with E-state index in [1.807, 2.05) is 22.6 Å². The molecule has 0 aliphatic carbocycles. The second-order valence-corrected chi connectivity index (χ2v) is 7.01. The van der Waals surface area contributed by atoms with Crippen molar-refractivity contribution < 1.29 is 19.8 Å². The number of anilines is 1. The molecular formula is C14H8Cl4INO4. The van der Waals surface area contributed by atoms with Crippen LogP contribution in [-0.2, 0) is 0 Å². The maximum absolute atomic E-state index is 10.6. The van der Waals surface area contributed by atoms with E-state index in [4.69, 9.17) is 62.4 Å². The Labute approximate surface area is 170 Å². The molecule has 2 rings (SSSR count). The van der Waals surface area contributed by atoms with E-state index in [2.05, 4.69) is 0 Å². The molecule has 0 aliphatic rings. The van der Waals surface area contributed by atoms with Crippen molar-refractivity contribution in [3.63, 3.8) is 0 Å². The molecule has 4 N–H and O–H groups in total. The van der Waals surface area contributed by atoms with E-state index in [0.717, 1.165) is 0 Å². The molecule has 0 saturated carbocycles. The van der Waals surface area contributed by atoms with Crippen LogP contribution in [-0.4, -0.2) is 22.2 Å². The van der Waals surface area contributed by atoms with Gasteiger partial charge in [0.1, 0.15) is 0 Å². The molecule has 0 saturated heterocycles. The van der Waals surface area contributed by atoms with E-state index in [0.29, 0.717) is 8.59 Å². The summed E-state index contributed by atoms with van der Waals surface area (Å²) >= 11 is 24.4. The van der Waals surface area contributed by atoms with E-state index in [-0.39, 0.29) is 31.9 Å². The molecular weight excluding hydrogens is 515 g/mol. The van der Waals surface area contributed by atoms with Crippen LogP contribution >= 0.6 is 69.0 Å². The lowest BCUT2D eigenvalue weighted by molar-refractivity contribution is 0.0686. The minimum absolute atomic E-state index is 0.0203. The summed E-state index contributed by atoms with van der Waals surface area (Å²) in [6.07, 6.45) is 0. The van der Waals surface area contributed by atoms with Crippen molar-refractivity contribution in [3.05, 3.63) is 59.1 Å². The monoisotopic (exact) mass is 521 g/mol. The molecule has 0 aliphatic heterocycles. The second kappa shape index (κ2) is 8.96. The van der Waals surface area contributed by atoms with Crippen LogP contribution < -0.4 is 5.73 Å². The normalized spacial score (nSPS) is 9.88. The van der Waals surface area contributed by atoms with Crippen LogP contribution in [0.1, 0.15) is 20.7 Å². The van der Waals surface area contributed by atoms with Crippen molar-refractivity contribution in [3.8, 4) is 0 Å². The average Bonchev–Trinajstić information content (AvgIpc) is 2.46. The van der Waals surface area contributed by atoms with Gasteiger partial charge in [-0.15, -0.1) is 0 Å². The summed E-state index contributed by atoms with van der Waals surface area (Å²) in [6.45, 7) is 0. The molecule has 2 aromatic carbocycles. The molecule has 10 heteroatoms. The Bertz CT molecular complexity index is 746. The second-order valence-electron chi connectivity index (χ2n) is 4.22. The molecule has 0 unspecified atom stereocenters. The lowest BCUT2D eigenvalue weighted by Crippen LogP contribution is -2.00. The third-order valence-corrected chi connectivity index (χ3v) is 4.95. The van der Waals surface area contributed by atoms with Gasteiger partial charge in [-0.1, -0.05) is 46.4 Å². The zero-order chi connectivity index (χ0) is 18.6. The van der Waals surface area contributed by atoms with Crippen molar-refractivity contribution >= 4 is 86.6 Å². The first kappa shape index (κ1) is 21.1. The Morgan fingerprint density at radius 1 is 0.833 bits per heavy atom. The lowest BCUT2D eigenvalue weighted by atomic mass is 10.2. The summed E-state index contributed by atoms with van der Waals surface area (Å²) < 4.78 is 0.638. The van der Waals surface area contributed by atoms with Gasteiger partial charge in [-0.05, 0) is 46.9 Å². The van der Waals surface area contributed by atoms with Crippen LogP contribution in [0.25, 0.3) is 0 Å². The molecule has 0 amide bonds. The van der Waals surface area contributed by atoms with Crippen LogP contribution in [0.3, 0.4) is 0 Å². The molecule has 0 radical (unpaired) electrons. The zero-order valence-electron chi connectivity index (χ0n) is 11.5. The smallest absolute Gasteiger partial charge is 0.337 e. The third kappa shape index (κ3) is 5.56. The Hall–Kier alpha value is -0.930. The summed E-state index contributed by atoms with van der Waals surface area (Å²) in [4.78, 5) is 21.1.